The summed E-state index contributed by atoms with van der Waals surface area (Å²) in [6, 6.07) is 9.33. The van der Waals surface area contributed by atoms with Crippen molar-refractivity contribution in [3.63, 3.8) is 0 Å². The molecule has 29 heavy (non-hydrogen) atoms. The third kappa shape index (κ3) is 4.23. The highest BCUT2D eigenvalue weighted by Gasteiger charge is 2.25. The summed E-state index contributed by atoms with van der Waals surface area (Å²) in [5, 5.41) is 11.9. The number of hydrogen-bond donors (Lipinski definition) is 1. The van der Waals surface area contributed by atoms with Gasteiger partial charge in [0.2, 0.25) is 0 Å². The van der Waals surface area contributed by atoms with Gasteiger partial charge in [0.05, 0.1) is 6.26 Å². The van der Waals surface area contributed by atoms with Crippen LogP contribution in [0.25, 0.3) is 5.65 Å². The van der Waals surface area contributed by atoms with Crippen molar-refractivity contribution in [1.82, 2.24) is 29.7 Å². The first-order chi connectivity index (χ1) is 14.3. The Labute approximate surface area is 169 Å². The molecule has 1 aliphatic rings. The summed E-state index contributed by atoms with van der Waals surface area (Å²) in [6.07, 6.45) is 5.27. The number of carbonyl (C=O) groups is 1. The van der Waals surface area contributed by atoms with Gasteiger partial charge < -0.3 is 19.5 Å². The maximum atomic E-state index is 12.4. The van der Waals surface area contributed by atoms with Crippen LogP contribution in [0, 0.1) is 0 Å². The topological polar surface area (TPSA) is 91.3 Å². The molecule has 0 saturated carbocycles. The van der Waals surface area contributed by atoms with Crippen molar-refractivity contribution in [3.8, 4) is 0 Å². The quantitative estimate of drug-likeness (QED) is 0.398. The summed E-state index contributed by atoms with van der Waals surface area (Å²) in [5.41, 5.74) is 0.869. The Kier molecular flexibility index (Phi) is 5.73. The minimum atomic E-state index is -0.0573. The molecular weight excluding hydrogens is 370 g/mol. The number of fused-ring (bicyclic) bond motifs is 1. The Hall–Kier alpha value is -3.36. The number of piperazine rings is 1. The number of nitrogens with one attached hydrogen (secondary N) is 1. The molecule has 0 unspecified atom stereocenters. The fourth-order valence-corrected chi connectivity index (χ4v) is 3.52. The molecule has 1 N–H and O–H groups in total. The van der Waals surface area contributed by atoms with Crippen LogP contribution >= 0.6 is 0 Å². The van der Waals surface area contributed by atoms with Gasteiger partial charge in [-0.1, -0.05) is 6.07 Å². The van der Waals surface area contributed by atoms with E-state index in [1.165, 1.54) is 6.26 Å². The Morgan fingerprint density at radius 1 is 1.14 bits per heavy atom. The number of furan rings is 1. The number of pyridine rings is 1. The van der Waals surface area contributed by atoms with E-state index in [0.717, 1.165) is 49.9 Å². The van der Waals surface area contributed by atoms with Crippen LogP contribution in [0.3, 0.4) is 0 Å². The van der Waals surface area contributed by atoms with Crippen molar-refractivity contribution in [2.45, 2.75) is 12.8 Å². The molecule has 0 spiro atoms. The molecule has 0 radical (unpaired) electrons. The van der Waals surface area contributed by atoms with Gasteiger partial charge in [0, 0.05) is 52.4 Å². The number of nitrogens with zero attached hydrogens (tertiary/aromatic N) is 6. The van der Waals surface area contributed by atoms with Crippen LogP contribution in [0.15, 0.2) is 52.2 Å². The van der Waals surface area contributed by atoms with Crippen molar-refractivity contribution in [2.75, 3.05) is 39.8 Å². The Morgan fingerprint density at radius 2 is 1.97 bits per heavy atom. The molecule has 9 heteroatoms. The fourth-order valence-electron chi connectivity index (χ4n) is 3.52. The first-order valence-corrected chi connectivity index (χ1v) is 9.83. The minimum absolute atomic E-state index is 0.0573. The van der Waals surface area contributed by atoms with Gasteiger partial charge in [-0.2, -0.15) is 0 Å². The third-order valence-electron chi connectivity index (χ3n) is 5.05. The molecule has 1 amide bonds. The number of aliphatic imine (C=N–C) groups is 1. The number of hydrogen-bond acceptors (Lipinski definition) is 5. The summed E-state index contributed by atoms with van der Waals surface area (Å²) in [6.45, 7) is 3.56. The van der Waals surface area contributed by atoms with Crippen LogP contribution in [0.2, 0.25) is 0 Å². The highest BCUT2D eigenvalue weighted by Crippen LogP contribution is 2.10. The van der Waals surface area contributed by atoms with E-state index in [1.54, 1.807) is 19.2 Å². The van der Waals surface area contributed by atoms with Crippen LogP contribution < -0.4 is 5.32 Å². The number of amides is 1. The minimum Gasteiger partial charge on any atom is -0.459 e. The van der Waals surface area contributed by atoms with E-state index in [9.17, 15) is 4.79 Å². The average Bonchev–Trinajstić information content (AvgIpc) is 3.44. The lowest BCUT2D eigenvalue weighted by Crippen LogP contribution is -2.53. The molecule has 0 bridgehead atoms. The Morgan fingerprint density at radius 3 is 2.72 bits per heavy atom. The van der Waals surface area contributed by atoms with E-state index < -0.39 is 0 Å². The van der Waals surface area contributed by atoms with Gasteiger partial charge >= 0.3 is 0 Å². The molecule has 3 aromatic rings. The summed E-state index contributed by atoms with van der Waals surface area (Å²) < 4.78 is 7.23. The fraction of sp³-hybridized carbons (Fsp3) is 0.400. The monoisotopic (exact) mass is 395 g/mol. The Balaban J connectivity index is 1.23. The van der Waals surface area contributed by atoms with Crippen LogP contribution in [0.1, 0.15) is 22.8 Å². The van der Waals surface area contributed by atoms with Crippen LogP contribution in [-0.4, -0.2) is 76.0 Å². The summed E-state index contributed by atoms with van der Waals surface area (Å²) >= 11 is 0. The predicted molar refractivity (Wildman–Crippen MR) is 109 cm³/mol. The predicted octanol–water partition coefficient (Wildman–Crippen LogP) is 1.29. The van der Waals surface area contributed by atoms with Gasteiger partial charge in [-0.15, -0.1) is 10.2 Å². The molecule has 0 aromatic carbocycles. The zero-order valence-corrected chi connectivity index (χ0v) is 16.5. The summed E-state index contributed by atoms with van der Waals surface area (Å²) in [5.74, 6) is 2.16. The molecule has 4 heterocycles. The smallest absolute Gasteiger partial charge is 0.289 e. The Bertz CT molecular complexity index is 972. The summed E-state index contributed by atoms with van der Waals surface area (Å²) in [7, 11) is 1.79. The van der Waals surface area contributed by atoms with Crippen LogP contribution in [0.5, 0.6) is 0 Å². The lowest BCUT2D eigenvalue weighted by Gasteiger charge is -2.36. The van der Waals surface area contributed by atoms with Crippen molar-refractivity contribution in [2.24, 2.45) is 4.99 Å². The van der Waals surface area contributed by atoms with Gasteiger partial charge in [0.15, 0.2) is 17.4 Å². The lowest BCUT2D eigenvalue weighted by molar-refractivity contribution is 0.0658. The zero-order valence-electron chi connectivity index (χ0n) is 16.5. The zero-order chi connectivity index (χ0) is 20.1. The highest BCUT2D eigenvalue weighted by molar-refractivity contribution is 5.91. The lowest BCUT2D eigenvalue weighted by atomic mass is 10.2. The van der Waals surface area contributed by atoms with Crippen LogP contribution in [-0.2, 0) is 6.42 Å². The number of aryl methyl sites for hydroxylation is 1. The van der Waals surface area contributed by atoms with Gasteiger partial charge in [0.1, 0.15) is 5.82 Å². The number of guanidine groups is 1. The molecule has 0 aliphatic carbocycles. The van der Waals surface area contributed by atoms with E-state index in [2.05, 4.69) is 25.4 Å². The molecule has 1 aliphatic heterocycles. The van der Waals surface area contributed by atoms with E-state index in [4.69, 9.17) is 4.42 Å². The van der Waals surface area contributed by atoms with Crippen LogP contribution in [0.4, 0.5) is 0 Å². The normalized spacial score (nSPS) is 15.1. The number of carbonyl (C=O) groups excluding carboxylic acids is 1. The average molecular weight is 395 g/mol. The molecule has 1 saturated heterocycles. The first-order valence-electron chi connectivity index (χ1n) is 9.83. The van der Waals surface area contributed by atoms with Crippen molar-refractivity contribution >= 4 is 17.5 Å². The van der Waals surface area contributed by atoms with Gasteiger partial charge in [-0.05, 0) is 30.7 Å². The maximum Gasteiger partial charge on any atom is 0.289 e. The number of aromatic nitrogens is 3. The standard InChI is InChI=1S/C20H25N7O2/c1-21-20(22-9-4-8-18-24-23-17-7-2-3-10-27(17)18)26-13-11-25(12-14-26)19(28)16-6-5-15-29-16/h2-3,5-7,10,15H,4,8-9,11-14H2,1H3,(H,21,22). The molecule has 0 atom stereocenters. The van der Waals surface area contributed by atoms with Gasteiger partial charge in [-0.25, -0.2) is 0 Å². The second kappa shape index (κ2) is 8.76. The SMILES string of the molecule is CN=C(NCCCc1nnc2ccccn12)N1CCN(C(=O)c2ccco2)CC1. The highest BCUT2D eigenvalue weighted by atomic mass is 16.3. The molecule has 4 rings (SSSR count). The van der Waals surface area contributed by atoms with Crippen molar-refractivity contribution in [3.05, 3.63) is 54.4 Å². The maximum absolute atomic E-state index is 12.4. The first kappa shape index (κ1) is 19.0. The van der Waals surface area contributed by atoms with Gasteiger partial charge in [-0.3, -0.25) is 14.2 Å². The van der Waals surface area contributed by atoms with Gasteiger partial charge in [0.25, 0.3) is 5.91 Å². The largest absolute Gasteiger partial charge is 0.459 e. The number of rotatable bonds is 5. The molecule has 1 fully saturated rings. The van der Waals surface area contributed by atoms with Crippen molar-refractivity contribution < 1.29 is 9.21 Å². The van der Waals surface area contributed by atoms with E-state index >= 15 is 0 Å². The third-order valence-corrected chi connectivity index (χ3v) is 5.05. The second-order valence-electron chi connectivity index (χ2n) is 6.88. The van der Waals surface area contributed by atoms with E-state index in [0.29, 0.717) is 18.8 Å². The summed E-state index contributed by atoms with van der Waals surface area (Å²) in [4.78, 5) is 20.8. The second-order valence-corrected chi connectivity index (χ2v) is 6.88. The molecule has 3 aromatic heterocycles. The van der Waals surface area contributed by atoms with E-state index in [-0.39, 0.29) is 5.91 Å². The molecule has 9 nitrogen and oxygen atoms in total. The molecule has 152 valence electrons. The van der Waals surface area contributed by atoms with Crippen molar-refractivity contribution in [1.29, 1.82) is 0 Å². The molecular formula is C20H25N7O2. The van der Waals surface area contributed by atoms with E-state index in [1.807, 2.05) is 33.7 Å².